The van der Waals surface area contributed by atoms with Crippen LogP contribution < -0.4 is 15.8 Å². The van der Waals surface area contributed by atoms with Crippen LogP contribution >= 0.6 is 11.3 Å². The first-order valence-corrected chi connectivity index (χ1v) is 16.6. The van der Waals surface area contributed by atoms with Crippen LogP contribution in [0.4, 0.5) is 14.5 Å². The Hall–Kier alpha value is -5.00. The minimum absolute atomic E-state index is 0.0846. The van der Waals surface area contributed by atoms with E-state index in [2.05, 4.69) is 25.4 Å². The van der Waals surface area contributed by atoms with Gasteiger partial charge in [-0.2, -0.15) is 19.0 Å². The van der Waals surface area contributed by atoms with Crippen molar-refractivity contribution in [2.75, 3.05) is 51.3 Å². The van der Waals surface area contributed by atoms with Gasteiger partial charge < -0.3 is 25.4 Å². The molecule has 3 amide bonds. The highest BCUT2D eigenvalue weighted by atomic mass is 32.1. The van der Waals surface area contributed by atoms with Crippen LogP contribution in [0.5, 0.6) is 5.75 Å². The second-order valence-electron chi connectivity index (χ2n) is 12.0. The molecule has 1 aromatic carbocycles. The summed E-state index contributed by atoms with van der Waals surface area (Å²) in [6.45, 7) is 2.20. The number of thiophene rings is 1. The highest BCUT2D eigenvalue weighted by molar-refractivity contribution is 7.20. The summed E-state index contributed by atoms with van der Waals surface area (Å²) in [6, 6.07) is 6.07. The summed E-state index contributed by atoms with van der Waals surface area (Å²) < 4.78 is 41.1. The van der Waals surface area contributed by atoms with Gasteiger partial charge in [-0.05, 0) is 48.4 Å². The number of carbonyl (C=O) groups excluding carboxylic acids is 3. The fourth-order valence-electron chi connectivity index (χ4n) is 6.29. The SMILES string of the molecule is NC(=O)c1cc2cc(OC(F)F)c(-c3nn(CC(=O)N4CCC(CN5CCOCC5)CC4)cc3NC(=O)c3cnn4cccnc34)cc2s1. The van der Waals surface area contributed by atoms with Gasteiger partial charge in [-0.3, -0.25) is 24.0 Å². The van der Waals surface area contributed by atoms with E-state index in [0.29, 0.717) is 34.7 Å². The van der Waals surface area contributed by atoms with E-state index in [-0.39, 0.29) is 45.6 Å². The number of carbonyl (C=O) groups is 3. The van der Waals surface area contributed by atoms with Crippen molar-refractivity contribution in [3.8, 4) is 17.0 Å². The molecular formula is C32H33F2N9O5S. The molecule has 17 heteroatoms. The maximum Gasteiger partial charge on any atom is 0.387 e. The number of hydrogen-bond acceptors (Lipinski definition) is 10. The van der Waals surface area contributed by atoms with Crippen LogP contribution in [0.1, 0.15) is 32.9 Å². The molecular weight excluding hydrogens is 660 g/mol. The molecule has 14 nitrogen and oxygen atoms in total. The monoisotopic (exact) mass is 693 g/mol. The molecule has 49 heavy (non-hydrogen) atoms. The Morgan fingerprint density at radius 2 is 1.92 bits per heavy atom. The minimum atomic E-state index is -3.18. The van der Waals surface area contributed by atoms with Crippen molar-refractivity contribution >= 4 is 50.5 Å². The number of primary amides is 1. The Kier molecular flexibility index (Phi) is 9.20. The fraction of sp³-hybridized carbons (Fsp3) is 0.375. The van der Waals surface area contributed by atoms with Crippen LogP contribution in [0, 0.1) is 5.92 Å². The summed E-state index contributed by atoms with van der Waals surface area (Å²) in [5.74, 6) is -1.14. The lowest BCUT2D eigenvalue weighted by atomic mass is 9.96. The molecule has 0 unspecified atom stereocenters. The highest BCUT2D eigenvalue weighted by Crippen LogP contribution is 2.40. The third-order valence-corrected chi connectivity index (χ3v) is 9.86. The Morgan fingerprint density at radius 3 is 2.67 bits per heavy atom. The molecule has 2 aliphatic rings. The topological polar surface area (TPSA) is 162 Å². The molecule has 2 saturated heterocycles. The van der Waals surface area contributed by atoms with Crippen molar-refractivity contribution in [2.24, 2.45) is 11.7 Å². The summed E-state index contributed by atoms with van der Waals surface area (Å²) in [7, 11) is 0. The van der Waals surface area contributed by atoms with Crippen molar-refractivity contribution in [1.82, 2.24) is 34.2 Å². The Morgan fingerprint density at radius 1 is 1.12 bits per heavy atom. The Labute approximate surface area is 282 Å². The Balaban J connectivity index is 1.18. The predicted molar refractivity (Wildman–Crippen MR) is 176 cm³/mol. The molecule has 4 aromatic heterocycles. The number of nitrogens with two attached hydrogens (primary N) is 1. The number of anilines is 1. The molecule has 0 aliphatic carbocycles. The standard InChI is InChI=1S/C32H33F2N9O5S/c33-32(34)48-24-12-20-13-26(29(35)45)49-25(20)14-21(24)28-23(38-31(46)22-15-37-43-5-1-4-36-30(22)43)17-42(39-28)18-27(44)41-6-2-19(3-7-41)16-40-8-10-47-11-9-40/h1,4-5,12-15,17,19,32H,2-3,6-11,16,18H2,(H2,35,45)(H,38,46). The molecule has 0 saturated carbocycles. The summed E-state index contributed by atoms with van der Waals surface area (Å²) in [5.41, 5.74) is 6.29. The summed E-state index contributed by atoms with van der Waals surface area (Å²) >= 11 is 1.08. The largest absolute Gasteiger partial charge is 0.434 e. The number of morpholine rings is 1. The van der Waals surface area contributed by atoms with Crippen LogP contribution in [-0.2, 0) is 16.1 Å². The average molecular weight is 694 g/mol. The van der Waals surface area contributed by atoms with Gasteiger partial charge in [-0.25, -0.2) is 9.50 Å². The van der Waals surface area contributed by atoms with Crippen LogP contribution in [-0.4, -0.2) is 104 Å². The number of nitrogens with one attached hydrogen (secondary N) is 1. The normalized spacial score (nSPS) is 16.1. The number of nitrogens with zero attached hydrogens (tertiary/aromatic N) is 7. The summed E-state index contributed by atoms with van der Waals surface area (Å²) in [5, 5.41) is 12.0. The average Bonchev–Trinajstić information content (AvgIpc) is 3.81. The van der Waals surface area contributed by atoms with Crippen molar-refractivity contribution in [3.63, 3.8) is 0 Å². The van der Waals surface area contributed by atoms with E-state index in [1.54, 1.807) is 23.2 Å². The van der Waals surface area contributed by atoms with Gasteiger partial charge in [0.1, 0.15) is 23.6 Å². The summed E-state index contributed by atoms with van der Waals surface area (Å²) in [6.07, 6.45) is 7.77. The number of hydrogen-bond donors (Lipinski definition) is 2. The lowest BCUT2D eigenvalue weighted by molar-refractivity contribution is -0.133. The number of ether oxygens (including phenoxy) is 2. The van der Waals surface area contributed by atoms with Crippen LogP contribution in [0.25, 0.3) is 27.0 Å². The molecule has 0 spiro atoms. The predicted octanol–water partition coefficient (Wildman–Crippen LogP) is 3.33. The van der Waals surface area contributed by atoms with E-state index in [4.69, 9.17) is 15.2 Å². The second kappa shape index (κ2) is 13.9. The molecule has 0 bridgehead atoms. The van der Waals surface area contributed by atoms with Crippen molar-refractivity contribution in [2.45, 2.75) is 26.0 Å². The molecule has 0 atom stereocenters. The van der Waals surface area contributed by atoms with Gasteiger partial charge in [0, 0.05) is 61.6 Å². The smallest absolute Gasteiger partial charge is 0.387 e. The third-order valence-electron chi connectivity index (χ3n) is 8.75. The number of likely N-dealkylation sites (tertiary alicyclic amines) is 1. The van der Waals surface area contributed by atoms with E-state index >= 15 is 0 Å². The zero-order valence-electron chi connectivity index (χ0n) is 26.3. The first kappa shape index (κ1) is 32.5. The Bertz CT molecular complexity index is 2010. The van der Waals surface area contributed by atoms with Crippen molar-refractivity contribution in [3.05, 3.63) is 59.5 Å². The van der Waals surface area contributed by atoms with E-state index < -0.39 is 18.4 Å². The van der Waals surface area contributed by atoms with Crippen molar-refractivity contribution in [1.29, 1.82) is 0 Å². The molecule has 2 aliphatic heterocycles. The number of piperidine rings is 1. The lowest BCUT2D eigenvalue weighted by Crippen LogP contribution is -2.45. The lowest BCUT2D eigenvalue weighted by Gasteiger charge is -2.36. The maximum atomic E-state index is 13.7. The van der Waals surface area contributed by atoms with E-state index in [1.165, 1.54) is 39.9 Å². The molecule has 256 valence electrons. The molecule has 7 rings (SSSR count). The molecule has 0 radical (unpaired) electrons. The number of benzene rings is 1. The van der Waals surface area contributed by atoms with Gasteiger partial charge in [-0.15, -0.1) is 11.3 Å². The molecule has 2 fully saturated rings. The van der Waals surface area contributed by atoms with Gasteiger partial charge in [0.2, 0.25) is 5.91 Å². The third kappa shape index (κ3) is 7.09. The molecule has 5 aromatic rings. The van der Waals surface area contributed by atoms with Gasteiger partial charge in [-0.1, -0.05) is 0 Å². The van der Waals surface area contributed by atoms with Gasteiger partial charge in [0.05, 0.1) is 30.0 Å². The fourth-order valence-corrected chi connectivity index (χ4v) is 7.22. The zero-order valence-corrected chi connectivity index (χ0v) is 27.1. The number of fused-ring (bicyclic) bond motifs is 2. The van der Waals surface area contributed by atoms with Gasteiger partial charge in [0.25, 0.3) is 11.8 Å². The number of aromatic nitrogens is 5. The summed E-state index contributed by atoms with van der Waals surface area (Å²) in [4.78, 5) is 47.6. The van der Waals surface area contributed by atoms with Crippen LogP contribution in [0.15, 0.2) is 49.1 Å². The van der Waals surface area contributed by atoms with E-state index in [1.807, 2.05) is 0 Å². The highest BCUT2D eigenvalue weighted by Gasteiger charge is 2.27. The quantitative estimate of drug-likeness (QED) is 0.224. The molecule has 3 N–H and O–H groups in total. The van der Waals surface area contributed by atoms with Gasteiger partial charge >= 0.3 is 6.61 Å². The molecule has 6 heterocycles. The first-order chi connectivity index (χ1) is 23.7. The number of alkyl halides is 2. The number of rotatable bonds is 10. The first-order valence-electron chi connectivity index (χ1n) is 15.8. The zero-order chi connectivity index (χ0) is 34.1. The van der Waals surface area contributed by atoms with Crippen molar-refractivity contribution < 1.29 is 32.6 Å². The second-order valence-corrected chi connectivity index (χ2v) is 13.0. The maximum absolute atomic E-state index is 13.7. The van der Waals surface area contributed by atoms with Crippen LogP contribution in [0.2, 0.25) is 0 Å². The van der Waals surface area contributed by atoms with Crippen LogP contribution in [0.3, 0.4) is 0 Å². The van der Waals surface area contributed by atoms with Gasteiger partial charge in [0.15, 0.2) is 5.65 Å². The van der Waals surface area contributed by atoms with E-state index in [9.17, 15) is 23.2 Å². The minimum Gasteiger partial charge on any atom is -0.434 e. The number of amides is 3. The number of halogens is 2. The van der Waals surface area contributed by atoms with E-state index in [0.717, 1.165) is 57.0 Å².